The number of pyridine rings is 1. The summed E-state index contributed by atoms with van der Waals surface area (Å²) in [5, 5.41) is 9.76. The lowest BCUT2D eigenvalue weighted by molar-refractivity contribution is -0.137. The number of nitrogens with one attached hydrogen (secondary N) is 2. The highest BCUT2D eigenvalue weighted by atomic mass is 79.9. The summed E-state index contributed by atoms with van der Waals surface area (Å²) in [5.74, 6) is -4.28. The number of Topliss-reactive ketones (excluding diaryl/α,β-unsaturated/α-hetero) is 1. The normalized spacial score (nSPS) is 19.9. The Morgan fingerprint density at radius 3 is 2.61 bits per heavy atom. The van der Waals surface area contributed by atoms with Gasteiger partial charge in [-0.05, 0) is 46.3 Å². The lowest BCUT2D eigenvalue weighted by atomic mass is 10.1. The first-order valence-corrected chi connectivity index (χ1v) is 13.5. The Bertz CT molecular complexity index is 1550. The predicted molar refractivity (Wildman–Crippen MR) is 145 cm³/mol. The maximum Gasteiger partial charge on any atom is 0.322 e. The number of urea groups is 1. The van der Waals surface area contributed by atoms with E-state index in [0.29, 0.717) is 15.5 Å². The van der Waals surface area contributed by atoms with Crippen LogP contribution in [0, 0.1) is 0 Å². The molecular weight excluding hydrogens is 611 g/mol. The highest BCUT2D eigenvalue weighted by Gasteiger charge is 2.41. The van der Waals surface area contributed by atoms with Crippen molar-refractivity contribution in [2.75, 3.05) is 30.3 Å². The molecule has 0 spiro atoms. The Kier molecular flexibility index (Phi) is 7.72. The average Bonchev–Trinajstić information content (AvgIpc) is 3.58. The summed E-state index contributed by atoms with van der Waals surface area (Å²) in [6, 6.07) is 7.62. The molecule has 2 atom stereocenters. The molecule has 5 rings (SSSR count). The van der Waals surface area contributed by atoms with Crippen LogP contribution in [0.4, 0.5) is 29.5 Å². The van der Waals surface area contributed by atoms with E-state index in [1.807, 2.05) is 0 Å². The van der Waals surface area contributed by atoms with Gasteiger partial charge in [-0.3, -0.25) is 19.1 Å². The average molecular weight is 636 g/mol. The molecule has 0 bridgehead atoms. The first-order chi connectivity index (χ1) is 19.4. The number of rotatable bonds is 6. The minimum atomic E-state index is -2.94. The van der Waals surface area contributed by atoms with Crippen LogP contribution in [-0.2, 0) is 16.1 Å². The van der Waals surface area contributed by atoms with E-state index in [1.54, 1.807) is 18.2 Å². The molecule has 0 radical (unpaired) electrons. The second kappa shape index (κ2) is 11.1. The molecule has 0 aliphatic carbocycles. The van der Waals surface area contributed by atoms with Gasteiger partial charge in [-0.2, -0.15) is 5.10 Å². The zero-order valence-corrected chi connectivity index (χ0v) is 23.3. The number of halogens is 4. The number of aromatic nitrogens is 3. The lowest BCUT2D eigenvalue weighted by Crippen LogP contribution is -2.44. The van der Waals surface area contributed by atoms with Crippen molar-refractivity contribution in [3.8, 4) is 0 Å². The molecule has 4 amide bonds. The van der Waals surface area contributed by atoms with Crippen molar-refractivity contribution in [1.82, 2.24) is 24.6 Å². The van der Waals surface area contributed by atoms with Crippen LogP contribution in [0.25, 0.3) is 10.9 Å². The van der Waals surface area contributed by atoms with Crippen LogP contribution in [0.5, 0.6) is 0 Å². The van der Waals surface area contributed by atoms with Crippen molar-refractivity contribution < 1.29 is 32.3 Å². The van der Waals surface area contributed by atoms with Crippen LogP contribution < -0.4 is 10.6 Å². The van der Waals surface area contributed by atoms with E-state index in [4.69, 9.17) is 0 Å². The second-order valence-corrected chi connectivity index (χ2v) is 10.8. The standard InChI is InChI=1S/C26H25BrF3N7O4/c1-14(38)23-17-10-16(31-25(41)35-8-7-26(29,30)13-35)5-6-18(17)37(34-23)12-22(39)36-11-15(28)9-19(36)24(40)33-21-4-2-3-20(27)32-21/h2-6,10,15,19H,7-9,11-13H2,1H3,(H,31,41)(H,32,33,40)/t15-,19+/m1/s1. The van der Waals surface area contributed by atoms with Gasteiger partial charge in [0.25, 0.3) is 5.92 Å². The van der Waals surface area contributed by atoms with Crippen molar-refractivity contribution in [3.05, 3.63) is 46.7 Å². The van der Waals surface area contributed by atoms with Crippen LogP contribution >= 0.6 is 15.9 Å². The molecule has 2 saturated heterocycles. The summed E-state index contributed by atoms with van der Waals surface area (Å²) >= 11 is 3.21. The van der Waals surface area contributed by atoms with Crippen LogP contribution in [0.15, 0.2) is 41.0 Å². The van der Waals surface area contributed by atoms with Gasteiger partial charge in [-0.15, -0.1) is 0 Å². The zero-order valence-electron chi connectivity index (χ0n) is 21.7. The van der Waals surface area contributed by atoms with E-state index in [0.717, 1.165) is 9.80 Å². The monoisotopic (exact) mass is 635 g/mol. The highest BCUT2D eigenvalue weighted by molar-refractivity contribution is 9.10. The van der Waals surface area contributed by atoms with Gasteiger partial charge in [0.05, 0.1) is 18.6 Å². The van der Waals surface area contributed by atoms with Crippen molar-refractivity contribution in [1.29, 1.82) is 0 Å². The molecule has 2 aromatic heterocycles. The van der Waals surface area contributed by atoms with Crippen molar-refractivity contribution in [2.24, 2.45) is 0 Å². The van der Waals surface area contributed by atoms with E-state index in [-0.39, 0.29) is 43.3 Å². The number of amides is 4. The maximum absolute atomic E-state index is 14.4. The Morgan fingerprint density at radius 1 is 1.15 bits per heavy atom. The Labute approximate surface area is 240 Å². The van der Waals surface area contributed by atoms with Gasteiger partial charge in [-0.25, -0.2) is 22.9 Å². The Balaban J connectivity index is 1.34. The van der Waals surface area contributed by atoms with Crippen LogP contribution in [0.3, 0.4) is 0 Å². The van der Waals surface area contributed by atoms with Crippen LogP contribution in [0.2, 0.25) is 0 Å². The summed E-state index contributed by atoms with van der Waals surface area (Å²) < 4.78 is 43.2. The highest BCUT2D eigenvalue weighted by Crippen LogP contribution is 2.29. The van der Waals surface area contributed by atoms with Gasteiger partial charge in [0.2, 0.25) is 11.8 Å². The number of fused-ring (bicyclic) bond motifs is 1. The van der Waals surface area contributed by atoms with Crippen LogP contribution in [-0.4, -0.2) is 86.0 Å². The van der Waals surface area contributed by atoms with Gasteiger partial charge in [-0.1, -0.05) is 6.07 Å². The molecule has 3 aromatic rings. The fourth-order valence-electron chi connectivity index (χ4n) is 4.96. The first kappa shape index (κ1) is 28.5. The van der Waals surface area contributed by atoms with E-state index >= 15 is 0 Å². The topological polar surface area (TPSA) is 130 Å². The molecule has 41 heavy (non-hydrogen) atoms. The fraction of sp³-hybridized carbons (Fsp3) is 0.385. The summed E-state index contributed by atoms with van der Waals surface area (Å²) in [7, 11) is 0. The molecule has 0 saturated carbocycles. The number of anilines is 2. The predicted octanol–water partition coefficient (Wildman–Crippen LogP) is 3.85. The number of nitrogens with zero attached hydrogens (tertiary/aromatic N) is 5. The number of hydrogen-bond acceptors (Lipinski definition) is 6. The summed E-state index contributed by atoms with van der Waals surface area (Å²) in [6.45, 7) is -0.156. The molecule has 2 aliphatic rings. The minimum Gasteiger partial charge on any atom is -0.326 e. The van der Waals surface area contributed by atoms with E-state index in [1.165, 1.54) is 29.8 Å². The summed E-state index contributed by atoms with van der Waals surface area (Å²) in [6.07, 6.45) is -2.01. The van der Waals surface area contributed by atoms with Gasteiger partial charge >= 0.3 is 6.03 Å². The van der Waals surface area contributed by atoms with Gasteiger partial charge < -0.3 is 20.4 Å². The van der Waals surface area contributed by atoms with E-state index in [9.17, 15) is 32.3 Å². The number of carbonyl (C=O) groups excluding carboxylic acids is 4. The van der Waals surface area contributed by atoms with Crippen molar-refractivity contribution in [3.63, 3.8) is 0 Å². The molecule has 4 heterocycles. The number of benzene rings is 1. The van der Waals surface area contributed by atoms with Crippen LogP contribution in [0.1, 0.15) is 30.3 Å². The third-order valence-electron chi connectivity index (χ3n) is 6.92. The number of hydrogen-bond donors (Lipinski definition) is 2. The number of alkyl halides is 3. The second-order valence-electron chi connectivity index (χ2n) is 9.98. The Hall–Kier alpha value is -4.01. The van der Waals surface area contributed by atoms with Gasteiger partial charge in [0.15, 0.2) is 5.78 Å². The smallest absolute Gasteiger partial charge is 0.322 e. The summed E-state index contributed by atoms with van der Waals surface area (Å²) in [4.78, 5) is 57.3. The van der Waals surface area contributed by atoms with E-state index in [2.05, 4.69) is 36.6 Å². The minimum absolute atomic E-state index is 0.0245. The molecule has 216 valence electrons. The molecule has 2 fully saturated rings. The molecule has 11 nitrogen and oxygen atoms in total. The number of carbonyl (C=O) groups is 4. The lowest BCUT2D eigenvalue weighted by Gasteiger charge is -2.23. The molecule has 2 N–H and O–H groups in total. The number of ketones is 1. The molecule has 15 heteroatoms. The molecule has 2 aliphatic heterocycles. The first-order valence-electron chi connectivity index (χ1n) is 12.7. The van der Waals surface area contributed by atoms with Gasteiger partial charge in [0.1, 0.15) is 34.9 Å². The fourth-order valence-corrected chi connectivity index (χ4v) is 5.31. The third-order valence-corrected chi connectivity index (χ3v) is 7.36. The molecule has 1 aromatic carbocycles. The Morgan fingerprint density at radius 2 is 1.93 bits per heavy atom. The third kappa shape index (κ3) is 6.19. The maximum atomic E-state index is 14.4. The van der Waals surface area contributed by atoms with Crippen molar-refractivity contribution >= 4 is 62.0 Å². The largest absolute Gasteiger partial charge is 0.326 e. The molecular formula is C26H25BrF3N7O4. The SMILES string of the molecule is CC(=O)c1nn(CC(=O)N2C[C@H](F)C[C@H]2C(=O)Nc2cccc(Br)n2)c2ccc(NC(=O)N3CCC(F)(F)C3)cc12. The molecule has 0 unspecified atom stereocenters. The van der Waals surface area contributed by atoms with Gasteiger partial charge in [0, 0.05) is 37.4 Å². The number of likely N-dealkylation sites (tertiary alicyclic amines) is 2. The zero-order chi connectivity index (χ0) is 29.5. The van der Waals surface area contributed by atoms with E-state index < -0.39 is 54.7 Å². The summed E-state index contributed by atoms with van der Waals surface area (Å²) in [5.41, 5.74) is 0.657. The quantitative estimate of drug-likeness (QED) is 0.313. The van der Waals surface area contributed by atoms with Crippen molar-refractivity contribution in [2.45, 2.75) is 44.4 Å².